The highest BCUT2D eigenvalue weighted by Gasteiger charge is 2.28. The van der Waals surface area contributed by atoms with E-state index in [1.165, 1.54) is 7.11 Å². The van der Waals surface area contributed by atoms with Gasteiger partial charge in [0.1, 0.15) is 6.04 Å². The summed E-state index contributed by atoms with van der Waals surface area (Å²) in [6.07, 6.45) is 2.69. The maximum atomic E-state index is 11.2. The molecule has 1 unspecified atom stereocenters. The number of aromatic hydroxyl groups is 1. The third kappa shape index (κ3) is 3.17. The van der Waals surface area contributed by atoms with Crippen molar-refractivity contribution in [3.8, 4) is 11.5 Å². The third-order valence-corrected chi connectivity index (χ3v) is 3.53. The lowest BCUT2D eigenvalue weighted by atomic mass is 10.0. The van der Waals surface area contributed by atoms with Crippen LogP contribution in [0.25, 0.3) is 0 Å². The van der Waals surface area contributed by atoms with Crippen molar-refractivity contribution in [2.24, 2.45) is 0 Å². The van der Waals surface area contributed by atoms with Gasteiger partial charge in [0.05, 0.1) is 7.11 Å². The Morgan fingerprint density at radius 2 is 2.26 bits per heavy atom. The zero-order valence-corrected chi connectivity index (χ0v) is 11.0. The number of benzene rings is 1. The van der Waals surface area contributed by atoms with E-state index in [4.69, 9.17) is 4.74 Å². The number of carbonyl (C=O) groups is 1. The molecule has 5 heteroatoms. The highest BCUT2D eigenvalue weighted by molar-refractivity contribution is 5.73. The fraction of sp³-hybridized carbons (Fsp3) is 0.500. The summed E-state index contributed by atoms with van der Waals surface area (Å²) in [7, 11) is 1.50. The van der Waals surface area contributed by atoms with Crippen LogP contribution in [0.15, 0.2) is 18.2 Å². The Morgan fingerprint density at radius 1 is 1.47 bits per heavy atom. The summed E-state index contributed by atoms with van der Waals surface area (Å²) in [5, 5.41) is 18.8. The van der Waals surface area contributed by atoms with Crippen LogP contribution in [0.4, 0.5) is 0 Å². The van der Waals surface area contributed by atoms with Gasteiger partial charge >= 0.3 is 5.97 Å². The monoisotopic (exact) mass is 265 g/mol. The van der Waals surface area contributed by atoms with Gasteiger partial charge in [-0.1, -0.05) is 12.5 Å². The summed E-state index contributed by atoms with van der Waals surface area (Å²) < 4.78 is 5.06. The molecule has 2 N–H and O–H groups in total. The minimum Gasteiger partial charge on any atom is -0.504 e. The SMILES string of the molecule is COc1cc(CN2CCCCC2C(=O)O)ccc1O. The van der Waals surface area contributed by atoms with Gasteiger partial charge in [-0.3, -0.25) is 9.69 Å². The van der Waals surface area contributed by atoms with Crippen LogP contribution in [0, 0.1) is 0 Å². The van der Waals surface area contributed by atoms with E-state index < -0.39 is 12.0 Å². The normalized spacial score (nSPS) is 20.2. The smallest absolute Gasteiger partial charge is 0.320 e. The molecule has 1 fully saturated rings. The molecule has 104 valence electrons. The third-order valence-electron chi connectivity index (χ3n) is 3.53. The summed E-state index contributed by atoms with van der Waals surface area (Å²) in [6, 6.07) is 4.72. The molecule has 0 spiro atoms. The number of aliphatic carboxylic acids is 1. The van der Waals surface area contributed by atoms with E-state index >= 15 is 0 Å². The molecule has 1 aromatic carbocycles. The molecule has 0 saturated carbocycles. The molecule has 19 heavy (non-hydrogen) atoms. The number of ether oxygens (including phenoxy) is 1. The Bertz CT molecular complexity index is 461. The van der Waals surface area contributed by atoms with E-state index in [1.54, 1.807) is 18.2 Å². The van der Waals surface area contributed by atoms with Gasteiger partial charge in [0.25, 0.3) is 0 Å². The molecule has 1 aliphatic heterocycles. The molecule has 1 atom stereocenters. The molecule has 0 aromatic heterocycles. The summed E-state index contributed by atoms with van der Waals surface area (Å²) in [4.78, 5) is 13.2. The number of methoxy groups -OCH3 is 1. The van der Waals surface area contributed by atoms with Crippen LogP contribution in [0.3, 0.4) is 0 Å². The first-order valence-corrected chi connectivity index (χ1v) is 6.44. The van der Waals surface area contributed by atoms with E-state index in [2.05, 4.69) is 0 Å². The van der Waals surface area contributed by atoms with Gasteiger partial charge in [-0.05, 0) is 37.1 Å². The van der Waals surface area contributed by atoms with Gasteiger partial charge in [-0.2, -0.15) is 0 Å². The lowest BCUT2D eigenvalue weighted by molar-refractivity contribution is -0.144. The first-order chi connectivity index (χ1) is 9.11. The number of rotatable bonds is 4. The lowest BCUT2D eigenvalue weighted by Gasteiger charge is -2.32. The van der Waals surface area contributed by atoms with Gasteiger partial charge in [-0.25, -0.2) is 0 Å². The van der Waals surface area contributed by atoms with Crippen molar-refractivity contribution >= 4 is 5.97 Å². The molecule has 1 heterocycles. The van der Waals surface area contributed by atoms with Crippen LogP contribution in [-0.2, 0) is 11.3 Å². The predicted molar refractivity (Wildman–Crippen MR) is 70.3 cm³/mol. The van der Waals surface area contributed by atoms with Gasteiger partial charge < -0.3 is 14.9 Å². The van der Waals surface area contributed by atoms with Crippen molar-refractivity contribution in [2.45, 2.75) is 31.8 Å². The maximum absolute atomic E-state index is 11.2. The van der Waals surface area contributed by atoms with Crippen molar-refractivity contribution in [3.63, 3.8) is 0 Å². The molecular weight excluding hydrogens is 246 g/mol. The van der Waals surface area contributed by atoms with Crippen LogP contribution in [0.5, 0.6) is 11.5 Å². The molecular formula is C14H19NO4. The molecule has 0 amide bonds. The average molecular weight is 265 g/mol. The Labute approximate surface area is 112 Å². The molecule has 0 aliphatic carbocycles. The second-order valence-corrected chi connectivity index (χ2v) is 4.83. The molecule has 1 saturated heterocycles. The minimum atomic E-state index is -0.759. The highest BCUT2D eigenvalue weighted by atomic mass is 16.5. The molecule has 1 aliphatic rings. The van der Waals surface area contributed by atoms with Gasteiger partial charge in [0.15, 0.2) is 11.5 Å². The number of phenols is 1. The van der Waals surface area contributed by atoms with E-state index in [0.717, 1.165) is 24.9 Å². The van der Waals surface area contributed by atoms with Crippen LogP contribution in [0.1, 0.15) is 24.8 Å². The Hall–Kier alpha value is -1.75. The summed E-state index contributed by atoms with van der Waals surface area (Å²) in [5.41, 5.74) is 0.947. The molecule has 5 nitrogen and oxygen atoms in total. The Kier molecular flexibility index (Phi) is 4.27. The Morgan fingerprint density at radius 3 is 2.95 bits per heavy atom. The Balaban J connectivity index is 2.12. The fourth-order valence-corrected chi connectivity index (χ4v) is 2.51. The number of hydrogen-bond donors (Lipinski definition) is 2. The first-order valence-electron chi connectivity index (χ1n) is 6.44. The number of carboxylic acid groups (broad SMARTS) is 1. The zero-order chi connectivity index (χ0) is 13.8. The van der Waals surface area contributed by atoms with E-state index in [0.29, 0.717) is 18.7 Å². The fourth-order valence-electron chi connectivity index (χ4n) is 2.51. The van der Waals surface area contributed by atoms with Gasteiger partial charge in [-0.15, -0.1) is 0 Å². The standard InChI is InChI=1S/C14H19NO4/c1-19-13-8-10(5-6-12(13)16)9-15-7-3-2-4-11(15)14(17)18/h5-6,8,11,16H,2-4,7,9H2,1H3,(H,17,18). The highest BCUT2D eigenvalue weighted by Crippen LogP contribution is 2.28. The molecule has 0 bridgehead atoms. The van der Waals surface area contributed by atoms with Gasteiger partial charge in [0.2, 0.25) is 0 Å². The lowest BCUT2D eigenvalue weighted by Crippen LogP contribution is -2.43. The topological polar surface area (TPSA) is 70.0 Å². The number of phenolic OH excluding ortho intramolecular Hbond substituents is 1. The van der Waals surface area contributed by atoms with Crippen LogP contribution >= 0.6 is 0 Å². The van der Waals surface area contributed by atoms with Crippen molar-refractivity contribution in [1.82, 2.24) is 4.90 Å². The molecule has 1 aromatic rings. The first kappa shape index (κ1) is 13.7. The van der Waals surface area contributed by atoms with Crippen LogP contribution < -0.4 is 4.74 Å². The van der Waals surface area contributed by atoms with Gasteiger partial charge in [0, 0.05) is 6.54 Å². The number of carboxylic acids is 1. The number of nitrogens with zero attached hydrogens (tertiary/aromatic N) is 1. The second kappa shape index (κ2) is 5.93. The van der Waals surface area contributed by atoms with Crippen molar-refractivity contribution in [3.05, 3.63) is 23.8 Å². The zero-order valence-electron chi connectivity index (χ0n) is 11.0. The number of hydrogen-bond acceptors (Lipinski definition) is 4. The molecule has 2 rings (SSSR count). The van der Waals surface area contributed by atoms with Crippen molar-refractivity contribution < 1.29 is 19.7 Å². The quantitative estimate of drug-likeness (QED) is 0.869. The van der Waals surface area contributed by atoms with Crippen LogP contribution in [0.2, 0.25) is 0 Å². The molecule has 0 radical (unpaired) electrons. The van der Waals surface area contributed by atoms with Crippen molar-refractivity contribution in [1.29, 1.82) is 0 Å². The number of likely N-dealkylation sites (tertiary alicyclic amines) is 1. The van der Waals surface area contributed by atoms with E-state index in [9.17, 15) is 15.0 Å². The number of piperidine rings is 1. The minimum absolute atomic E-state index is 0.0969. The van der Waals surface area contributed by atoms with E-state index in [1.807, 2.05) is 4.90 Å². The summed E-state index contributed by atoms with van der Waals surface area (Å²) in [5.74, 6) is -0.244. The van der Waals surface area contributed by atoms with E-state index in [-0.39, 0.29) is 5.75 Å². The summed E-state index contributed by atoms with van der Waals surface area (Å²) >= 11 is 0. The average Bonchev–Trinajstić information content (AvgIpc) is 2.41. The van der Waals surface area contributed by atoms with Crippen LogP contribution in [-0.4, -0.2) is 40.8 Å². The maximum Gasteiger partial charge on any atom is 0.320 e. The summed E-state index contributed by atoms with van der Waals surface area (Å²) in [6.45, 7) is 1.35. The largest absolute Gasteiger partial charge is 0.504 e. The van der Waals surface area contributed by atoms with Crippen molar-refractivity contribution in [2.75, 3.05) is 13.7 Å². The predicted octanol–water partition coefficient (Wildman–Crippen LogP) is 1.84. The second-order valence-electron chi connectivity index (χ2n) is 4.83.